The topological polar surface area (TPSA) is 41.1 Å². The molecule has 2 aliphatic rings. The second-order valence-electron chi connectivity index (χ2n) is 6.02. The quantitative estimate of drug-likeness (QED) is 0.881. The third-order valence-electron chi connectivity index (χ3n) is 4.49. The van der Waals surface area contributed by atoms with Crippen molar-refractivity contribution in [2.45, 2.75) is 44.7 Å². The van der Waals surface area contributed by atoms with Gasteiger partial charge in [-0.15, -0.1) is 12.4 Å². The Balaban J connectivity index is 0.00000161. The lowest BCUT2D eigenvalue weighted by molar-refractivity contribution is -0.126. The highest BCUT2D eigenvalue weighted by atomic mass is 35.5. The third-order valence-corrected chi connectivity index (χ3v) is 4.49. The van der Waals surface area contributed by atoms with Gasteiger partial charge >= 0.3 is 0 Å². The Kier molecular flexibility index (Phi) is 5.22. The number of aryl methyl sites for hydroxylation is 1. The number of hydrogen-bond donors (Lipinski definition) is 2. The van der Waals surface area contributed by atoms with E-state index in [9.17, 15) is 9.18 Å². The summed E-state index contributed by atoms with van der Waals surface area (Å²) >= 11 is 0. The van der Waals surface area contributed by atoms with E-state index in [0.717, 1.165) is 43.4 Å². The second kappa shape index (κ2) is 6.75. The molecule has 1 unspecified atom stereocenters. The Hall–Kier alpha value is -1.13. The molecule has 116 valence electrons. The zero-order chi connectivity index (χ0) is 14.1. The molecule has 1 amide bonds. The van der Waals surface area contributed by atoms with Crippen LogP contribution in [0.4, 0.5) is 4.39 Å². The van der Waals surface area contributed by atoms with Gasteiger partial charge < -0.3 is 10.6 Å². The number of amides is 1. The van der Waals surface area contributed by atoms with Crippen LogP contribution in [-0.2, 0) is 11.2 Å². The lowest BCUT2D eigenvalue weighted by atomic mass is 9.92. The van der Waals surface area contributed by atoms with E-state index in [1.165, 1.54) is 6.07 Å². The van der Waals surface area contributed by atoms with Crippen molar-refractivity contribution in [2.24, 2.45) is 5.92 Å². The third kappa shape index (κ3) is 3.55. The van der Waals surface area contributed by atoms with Crippen LogP contribution in [0.3, 0.4) is 0 Å². The maximum Gasteiger partial charge on any atom is 0.223 e. The summed E-state index contributed by atoms with van der Waals surface area (Å²) in [5, 5.41) is 6.52. The van der Waals surface area contributed by atoms with Gasteiger partial charge in [-0.05, 0) is 62.4 Å². The highest BCUT2D eigenvalue weighted by Crippen LogP contribution is 2.32. The Labute approximate surface area is 131 Å². The standard InChI is InChI=1S/C16H21FN2O.ClH/c1-10-8-12(6-7-18-10)16(20)19-15-5-2-11-9-13(17)3-4-14(11)15;/h3-4,9-10,12,15,18H,2,5-8H2,1H3,(H,19,20);1H/t10-,12-,15?;/m0./s1. The van der Waals surface area contributed by atoms with Crippen molar-refractivity contribution in [3.05, 3.63) is 35.1 Å². The Morgan fingerprint density at radius 3 is 2.95 bits per heavy atom. The molecule has 3 nitrogen and oxygen atoms in total. The van der Waals surface area contributed by atoms with Gasteiger partial charge in [-0.1, -0.05) is 6.07 Å². The number of carbonyl (C=O) groups excluding carboxylic acids is 1. The fourth-order valence-corrected chi connectivity index (χ4v) is 3.40. The van der Waals surface area contributed by atoms with Crippen molar-refractivity contribution < 1.29 is 9.18 Å². The van der Waals surface area contributed by atoms with Crippen LogP contribution in [0.25, 0.3) is 0 Å². The molecule has 1 saturated heterocycles. The van der Waals surface area contributed by atoms with Crippen LogP contribution in [0.5, 0.6) is 0 Å². The largest absolute Gasteiger partial charge is 0.349 e. The van der Waals surface area contributed by atoms with E-state index in [-0.39, 0.29) is 36.1 Å². The molecule has 0 spiro atoms. The predicted molar refractivity (Wildman–Crippen MR) is 83.0 cm³/mol. The first-order chi connectivity index (χ1) is 9.63. The van der Waals surface area contributed by atoms with Crippen molar-refractivity contribution in [1.29, 1.82) is 0 Å². The first kappa shape index (κ1) is 16.2. The van der Waals surface area contributed by atoms with E-state index < -0.39 is 0 Å². The van der Waals surface area contributed by atoms with E-state index >= 15 is 0 Å². The van der Waals surface area contributed by atoms with Crippen molar-refractivity contribution in [1.82, 2.24) is 10.6 Å². The smallest absolute Gasteiger partial charge is 0.223 e. The highest BCUT2D eigenvalue weighted by Gasteiger charge is 2.29. The number of rotatable bonds is 2. The van der Waals surface area contributed by atoms with Crippen LogP contribution in [0, 0.1) is 11.7 Å². The van der Waals surface area contributed by atoms with Gasteiger partial charge in [0.2, 0.25) is 5.91 Å². The Morgan fingerprint density at radius 2 is 2.19 bits per heavy atom. The van der Waals surface area contributed by atoms with Gasteiger partial charge in [0.25, 0.3) is 0 Å². The molecule has 1 aliphatic heterocycles. The van der Waals surface area contributed by atoms with Gasteiger partial charge in [0, 0.05) is 12.0 Å². The average Bonchev–Trinajstić information content (AvgIpc) is 2.81. The van der Waals surface area contributed by atoms with Crippen molar-refractivity contribution in [3.63, 3.8) is 0 Å². The minimum absolute atomic E-state index is 0. The lowest BCUT2D eigenvalue weighted by Gasteiger charge is -2.28. The van der Waals surface area contributed by atoms with Gasteiger partial charge in [0.1, 0.15) is 5.82 Å². The van der Waals surface area contributed by atoms with Crippen LogP contribution >= 0.6 is 12.4 Å². The van der Waals surface area contributed by atoms with Gasteiger partial charge in [-0.2, -0.15) is 0 Å². The van der Waals surface area contributed by atoms with Gasteiger partial charge in [0.15, 0.2) is 0 Å². The summed E-state index contributed by atoms with van der Waals surface area (Å²) in [6.07, 6.45) is 3.53. The van der Waals surface area contributed by atoms with Crippen molar-refractivity contribution in [2.75, 3.05) is 6.54 Å². The van der Waals surface area contributed by atoms with E-state index in [2.05, 4.69) is 17.6 Å². The minimum atomic E-state index is -0.192. The normalized spacial score (nSPS) is 27.6. The maximum absolute atomic E-state index is 13.2. The number of carbonyl (C=O) groups is 1. The molecule has 2 N–H and O–H groups in total. The molecule has 3 atom stereocenters. The SMILES string of the molecule is C[C@H]1C[C@@H](C(=O)NC2CCc3cc(F)ccc32)CCN1.Cl. The molecular weight excluding hydrogens is 291 g/mol. The minimum Gasteiger partial charge on any atom is -0.349 e. The number of nitrogens with one attached hydrogen (secondary N) is 2. The van der Waals surface area contributed by atoms with E-state index in [1.54, 1.807) is 6.07 Å². The van der Waals surface area contributed by atoms with Crippen LogP contribution < -0.4 is 10.6 Å². The molecule has 0 saturated carbocycles. The average molecular weight is 313 g/mol. The molecule has 1 aromatic carbocycles. The molecule has 1 aliphatic carbocycles. The molecule has 21 heavy (non-hydrogen) atoms. The van der Waals surface area contributed by atoms with Crippen LogP contribution in [0.1, 0.15) is 43.4 Å². The molecule has 1 fully saturated rings. The Bertz CT molecular complexity index is 523. The molecule has 5 heteroatoms. The van der Waals surface area contributed by atoms with E-state index in [0.29, 0.717) is 6.04 Å². The summed E-state index contributed by atoms with van der Waals surface area (Å²) in [7, 11) is 0. The van der Waals surface area contributed by atoms with E-state index in [1.807, 2.05) is 6.07 Å². The van der Waals surface area contributed by atoms with Gasteiger partial charge in [0.05, 0.1) is 6.04 Å². The summed E-state index contributed by atoms with van der Waals surface area (Å²) in [6.45, 7) is 3.03. The summed E-state index contributed by atoms with van der Waals surface area (Å²) in [4.78, 5) is 12.4. The number of halogens is 2. The number of piperidine rings is 1. The van der Waals surface area contributed by atoms with Gasteiger partial charge in [-0.25, -0.2) is 4.39 Å². The predicted octanol–water partition coefficient (Wildman–Crippen LogP) is 2.74. The monoisotopic (exact) mass is 312 g/mol. The summed E-state index contributed by atoms with van der Waals surface area (Å²) in [6, 6.07) is 5.35. The highest BCUT2D eigenvalue weighted by molar-refractivity contribution is 5.85. The van der Waals surface area contributed by atoms with Crippen LogP contribution in [-0.4, -0.2) is 18.5 Å². The molecule has 3 rings (SSSR count). The molecule has 1 heterocycles. The molecule has 0 radical (unpaired) electrons. The lowest BCUT2D eigenvalue weighted by Crippen LogP contribution is -2.43. The summed E-state index contributed by atoms with van der Waals surface area (Å²) in [5.74, 6) is 0.0687. The second-order valence-corrected chi connectivity index (χ2v) is 6.02. The zero-order valence-electron chi connectivity index (χ0n) is 12.2. The first-order valence-corrected chi connectivity index (χ1v) is 7.45. The molecule has 0 aromatic heterocycles. The first-order valence-electron chi connectivity index (χ1n) is 7.45. The summed E-state index contributed by atoms with van der Waals surface area (Å²) in [5.41, 5.74) is 2.12. The zero-order valence-corrected chi connectivity index (χ0v) is 13.0. The van der Waals surface area contributed by atoms with Crippen molar-refractivity contribution in [3.8, 4) is 0 Å². The molecular formula is C16H22ClFN2O. The van der Waals surface area contributed by atoms with Crippen molar-refractivity contribution >= 4 is 18.3 Å². The molecule has 1 aromatic rings. The fourth-order valence-electron chi connectivity index (χ4n) is 3.40. The number of benzene rings is 1. The Morgan fingerprint density at radius 1 is 1.38 bits per heavy atom. The van der Waals surface area contributed by atoms with Crippen LogP contribution in [0.2, 0.25) is 0 Å². The number of hydrogen-bond acceptors (Lipinski definition) is 2. The maximum atomic E-state index is 13.2. The van der Waals surface area contributed by atoms with Crippen LogP contribution in [0.15, 0.2) is 18.2 Å². The number of fused-ring (bicyclic) bond motifs is 1. The molecule has 0 bridgehead atoms. The summed E-state index contributed by atoms with van der Waals surface area (Å²) < 4.78 is 13.2. The van der Waals surface area contributed by atoms with E-state index in [4.69, 9.17) is 0 Å². The van der Waals surface area contributed by atoms with Gasteiger partial charge in [-0.3, -0.25) is 4.79 Å². The fraction of sp³-hybridized carbons (Fsp3) is 0.562.